The third-order valence-electron chi connectivity index (χ3n) is 5.36. The molecule has 0 unspecified atom stereocenters. The van der Waals surface area contributed by atoms with E-state index in [1.165, 1.54) is 18.9 Å². The Balaban J connectivity index is 2.96. The van der Waals surface area contributed by atoms with Crippen molar-refractivity contribution in [3.05, 3.63) is 34.9 Å². The highest BCUT2D eigenvalue weighted by atomic mass is 32.2. The summed E-state index contributed by atoms with van der Waals surface area (Å²) in [5.41, 5.74) is 2.14. The summed E-state index contributed by atoms with van der Waals surface area (Å²) in [6.07, 6.45) is 0.635. The van der Waals surface area contributed by atoms with Crippen LogP contribution in [0.2, 0.25) is 0 Å². The number of methoxy groups -OCH3 is 1. The molecule has 0 saturated heterocycles. The number of aryl methyl sites for hydroxylation is 1. The molecule has 1 aromatic carbocycles. The molecule has 198 valence electrons. The fraction of sp³-hybridized carbons (Fsp3) is 0.625. The second kappa shape index (κ2) is 15.3. The van der Waals surface area contributed by atoms with Gasteiger partial charge in [0, 0.05) is 17.4 Å². The number of benzene rings is 1. The van der Waals surface area contributed by atoms with Crippen LogP contribution in [0.4, 0.5) is 13.2 Å². The van der Waals surface area contributed by atoms with Gasteiger partial charge < -0.3 is 15.4 Å². The van der Waals surface area contributed by atoms with Crippen LogP contribution in [0.1, 0.15) is 60.5 Å². The van der Waals surface area contributed by atoms with E-state index in [1.54, 1.807) is 24.1 Å². The molecule has 0 bridgehead atoms. The van der Waals surface area contributed by atoms with E-state index in [1.807, 2.05) is 32.2 Å². The number of halogens is 3. The molecule has 6 nitrogen and oxygen atoms in total. The molecule has 0 saturated carbocycles. The number of alkyl halides is 3. The summed E-state index contributed by atoms with van der Waals surface area (Å²) in [6, 6.07) is 4.18. The van der Waals surface area contributed by atoms with E-state index in [0.29, 0.717) is 42.8 Å². The monoisotopic (exact) mass is 536 g/mol. The second-order valence-electron chi connectivity index (χ2n) is 8.42. The van der Waals surface area contributed by atoms with Gasteiger partial charge in [0.25, 0.3) is 5.91 Å². The fourth-order valence-electron chi connectivity index (χ4n) is 3.54. The molecule has 1 rings (SSSR count). The van der Waals surface area contributed by atoms with Gasteiger partial charge in [-0.1, -0.05) is 26.0 Å². The first-order valence-corrected chi connectivity index (χ1v) is 14.1. The normalized spacial score (nSPS) is 13.3. The Morgan fingerprint density at radius 3 is 2.29 bits per heavy atom. The molecule has 0 aliphatic carbocycles. The minimum atomic E-state index is -4.91. The number of thioether (sulfide) groups is 2. The van der Waals surface area contributed by atoms with Gasteiger partial charge in [0.15, 0.2) is 0 Å². The van der Waals surface area contributed by atoms with Gasteiger partial charge in [-0.25, -0.2) is 4.79 Å². The van der Waals surface area contributed by atoms with Crippen LogP contribution in [0, 0.1) is 0 Å². The van der Waals surface area contributed by atoms with Crippen molar-refractivity contribution in [2.75, 3.05) is 31.1 Å². The summed E-state index contributed by atoms with van der Waals surface area (Å²) >= 11 is 2.92. The summed E-state index contributed by atoms with van der Waals surface area (Å²) in [7, 11) is 1.28. The summed E-state index contributed by atoms with van der Waals surface area (Å²) in [5.74, 6) is -1.69. The van der Waals surface area contributed by atoms with Crippen molar-refractivity contribution in [1.29, 1.82) is 0 Å². The first kappa shape index (κ1) is 31.2. The van der Waals surface area contributed by atoms with Crippen LogP contribution in [0.15, 0.2) is 18.2 Å². The van der Waals surface area contributed by atoms with Crippen LogP contribution in [-0.2, 0) is 20.7 Å². The molecule has 0 aliphatic heterocycles. The predicted molar refractivity (Wildman–Crippen MR) is 136 cm³/mol. The SMILES string of the molecule is COC(=O)[C@H](CCSC)NC(=O)c1cc(CCC[C@H](CSC)NC(=O)C(F)(F)F)ccc1C(C)C. The van der Waals surface area contributed by atoms with Crippen LogP contribution in [0.5, 0.6) is 0 Å². The van der Waals surface area contributed by atoms with Crippen molar-refractivity contribution in [2.24, 2.45) is 0 Å². The molecule has 0 spiro atoms. The van der Waals surface area contributed by atoms with Gasteiger partial charge in [0.2, 0.25) is 0 Å². The molecular formula is C24H35F3N2O4S2. The van der Waals surface area contributed by atoms with Gasteiger partial charge in [-0.15, -0.1) is 0 Å². The number of carbonyl (C=O) groups is 3. The van der Waals surface area contributed by atoms with Crippen molar-refractivity contribution >= 4 is 41.3 Å². The Bertz CT molecular complexity index is 851. The zero-order chi connectivity index (χ0) is 26.6. The molecule has 11 heteroatoms. The first-order valence-electron chi connectivity index (χ1n) is 11.3. The zero-order valence-electron chi connectivity index (χ0n) is 20.8. The van der Waals surface area contributed by atoms with Gasteiger partial charge in [0.05, 0.1) is 7.11 Å². The minimum Gasteiger partial charge on any atom is -0.467 e. The van der Waals surface area contributed by atoms with Gasteiger partial charge >= 0.3 is 18.1 Å². The topological polar surface area (TPSA) is 84.5 Å². The number of hydrogen-bond donors (Lipinski definition) is 2. The molecule has 0 aliphatic rings. The second-order valence-corrected chi connectivity index (χ2v) is 10.3. The van der Waals surface area contributed by atoms with Gasteiger partial charge in [-0.2, -0.15) is 36.7 Å². The molecule has 0 heterocycles. The lowest BCUT2D eigenvalue weighted by Crippen LogP contribution is -2.44. The average molecular weight is 537 g/mol. The van der Waals surface area contributed by atoms with E-state index in [-0.39, 0.29) is 11.8 Å². The molecule has 2 amide bonds. The maximum absolute atomic E-state index is 13.1. The van der Waals surface area contributed by atoms with Crippen LogP contribution in [0.3, 0.4) is 0 Å². The van der Waals surface area contributed by atoms with Gasteiger partial charge in [-0.05, 0) is 67.1 Å². The molecule has 2 atom stereocenters. The molecule has 2 N–H and O–H groups in total. The molecule has 1 aromatic rings. The van der Waals surface area contributed by atoms with Crippen LogP contribution in [-0.4, -0.2) is 67.2 Å². The summed E-state index contributed by atoms with van der Waals surface area (Å²) in [6.45, 7) is 3.93. The number of carbonyl (C=O) groups excluding carboxylic acids is 3. The van der Waals surface area contributed by atoms with Crippen molar-refractivity contribution in [3.63, 3.8) is 0 Å². The number of hydrogen-bond acceptors (Lipinski definition) is 6. The van der Waals surface area contributed by atoms with Crippen molar-refractivity contribution < 1.29 is 32.3 Å². The fourth-order valence-corrected chi connectivity index (χ4v) is 4.66. The Morgan fingerprint density at radius 1 is 1.06 bits per heavy atom. The highest BCUT2D eigenvalue weighted by Crippen LogP contribution is 2.23. The van der Waals surface area contributed by atoms with Gasteiger partial charge in [-0.3, -0.25) is 9.59 Å². The largest absolute Gasteiger partial charge is 0.471 e. The van der Waals surface area contributed by atoms with Crippen molar-refractivity contribution in [1.82, 2.24) is 10.6 Å². The third kappa shape index (κ3) is 10.7. The van der Waals surface area contributed by atoms with Gasteiger partial charge in [0.1, 0.15) is 6.04 Å². The lowest BCUT2D eigenvalue weighted by Gasteiger charge is -2.20. The quantitative estimate of drug-likeness (QED) is 0.339. The smallest absolute Gasteiger partial charge is 0.467 e. The standard InChI is InChI=1S/C24H35F3N2O4S2/c1-15(2)18-10-9-16(7-6-8-17(14-35-5)28-23(32)24(25,26)27)13-19(18)21(30)29-20(11-12-34-4)22(31)33-3/h9-10,13,15,17,20H,6-8,11-12,14H2,1-5H3,(H,28,32)(H,29,30)/t17-,20+/m1/s1. The van der Waals surface area contributed by atoms with E-state index in [4.69, 9.17) is 4.74 Å². The molecule has 35 heavy (non-hydrogen) atoms. The molecule has 0 aromatic heterocycles. The average Bonchev–Trinajstić information content (AvgIpc) is 2.80. The summed E-state index contributed by atoms with van der Waals surface area (Å²) in [4.78, 5) is 36.5. The van der Waals surface area contributed by atoms with E-state index in [2.05, 4.69) is 10.6 Å². The Hall–Kier alpha value is -1.88. The number of amides is 2. The Kier molecular flexibility index (Phi) is 13.6. The molecule has 0 fully saturated rings. The maximum atomic E-state index is 13.1. The first-order chi connectivity index (χ1) is 16.4. The Labute approximate surface area is 213 Å². The minimum absolute atomic E-state index is 0.0658. The predicted octanol–water partition coefficient (Wildman–Crippen LogP) is 4.57. The number of ether oxygens (including phenoxy) is 1. The number of esters is 1. The summed E-state index contributed by atoms with van der Waals surface area (Å²) in [5, 5.41) is 4.84. The van der Waals surface area contributed by atoms with Crippen molar-refractivity contribution in [3.8, 4) is 0 Å². The lowest BCUT2D eigenvalue weighted by molar-refractivity contribution is -0.174. The van der Waals surface area contributed by atoms with Crippen LogP contribution >= 0.6 is 23.5 Å². The van der Waals surface area contributed by atoms with Crippen molar-refractivity contribution in [2.45, 2.75) is 63.7 Å². The molecule has 0 radical (unpaired) electrons. The van der Waals surface area contributed by atoms with E-state index in [9.17, 15) is 27.6 Å². The van der Waals surface area contributed by atoms with Crippen LogP contribution < -0.4 is 10.6 Å². The summed E-state index contributed by atoms with van der Waals surface area (Å²) < 4.78 is 42.6. The third-order valence-corrected chi connectivity index (χ3v) is 6.74. The number of rotatable bonds is 14. The zero-order valence-corrected chi connectivity index (χ0v) is 22.4. The maximum Gasteiger partial charge on any atom is 0.471 e. The van der Waals surface area contributed by atoms with Crippen LogP contribution in [0.25, 0.3) is 0 Å². The molecular weight excluding hydrogens is 501 g/mol. The highest BCUT2D eigenvalue weighted by Gasteiger charge is 2.39. The van der Waals surface area contributed by atoms with E-state index < -0.39 is 30.1 Å². The van der Waals surface area contributed by atoms with E-state index in [0.717, 1.165) is 11.1 Å². The van der Waals surface area contributed by atoms with E-state index >= 15 is 0 Å². The highest BCUT2D eigenvalue weighted by molar-refractivity contribution is 7.98. The lowest BCUT2D eigenvalue weighted by atomic mass is 9.93. The Morgan fingerprint density at radius 2 is 1.74 bits per heavy atom. The number of nitrogens with one attached hydrogen (secondary N) is 2.